The van der Waals surface area contributed by atoms with E-state index in [1.807, 2.05) is 25.1 Å². The quantitative estimate of drug-likeness (QED) is 0.728. The normalized spacial score (nSPS) is 9.44. The molecule has 3 N–H and O–H groups in total. The maximum Gasteiger partial charge on any atom is 0.321 e. The number of hydrogen-bond donors (Lipinski definition) is 3. The summed E-state index contributed by atoms with van der Waals surface area (Å²) in [6.07, 6.45) is 0. The zero-order valence-electron chi connectivity index (χ0n) is 10.4. The summed E-state index contributed by atoms with van der Waals surface area (Å²) in [7, 11) is 1.44. The van der Waals surface area contributed by atoms with Gasteiger partial charge in [-0.05, 0) is 19.1 Å². The van der Waals surface area contributed by atoms with Gasteiger partial charge in [-0.1, -0.05) is 12.1 Å². The molecular weight excluding hydrogens is 234 g/mol. The molecule has 0 atom stereocenters. The van der Waals surface area contributed by atoms with Crippen LogP contribution in [0.4, 0.5) is 10.5 Å². The van der Waals surface area contributed by atoms with Gasteiger partial charge >= 0.3 is 6.03 Å². The van der Waals surface area contributed by atoms with Gasteiger partial charge in [0.1, 0.15) is 5.75 Å². The van der Waals surface area contributed by atoms with E-state index in [0.29, 0.717) is 18.0 Å². The lowest BCUT2D eigenvalue weighted by Gasteiger charge is -2.11. The Morgan fingerprint density at radius 3 is 2.67 bits per heavy atom. The van der Waals surface area contributed by atoms with E-state index in [1.165, 1.54) is 7.05 Å². The van der Waals surface area contributed by atoms with Gasteiger partial charge in [-0.2, -0.15) is 0 Å². The Bertz CT molecular complexity index is 421. The maximum absolute atomic E-state index is 11.4. The number of ether oxygens (including phenoxy) is 1. The lowest BCUT2D eigenvalue weighted by atomic mass is 10.3. The molecule has 1 rings (SSSR count). The molecule has 18 heavy (non-hydrogen) atoms. The number of amides is 3. The smallest absolute Gasteiger partial charge is 0.321 e. The number of carbonyl (C=O) groups is 2. The van der Waals surface area contributed by atoms with E-state index in [4.69, 9.17) is 4.74 Å². The van der Waals surface area contributed by atoms with Crippen LogP contribution in [0.25, 0.3) is 0 Å². The van der Waals surface area contributed by atoms with Crippen LogP contribution in [-0.4, -0.2) is 32.1 Å². The Hall–Kier alpha value is -2.24. The minimum absolute atomic E-state index is 0.00247. The fourth-order valence-corrected chi connectivity index (χ4v) is 1.30. The summed E-state index contributed by atoms with van der Waals surface area (Å²) in [6.45, 7) is 2.43. The van der Waals surface area contributed by atoms with Crippen LogP contribution in [-0.2, 0) is 4.79 Å². The van der Waals surface area contributed by atoms with Gasteiger partial charge in [0.15, 0.2) is 0 Å². The Labute approximate surface area is 106 Å². The fraction of sp³-hybridized carbons (Fsp3) is 0.333. The molecule has 0 aromatic heterocycles. The first-order chi connectivity index (χ1) is 8.67. The molecule has 0 aliphatic rings. The topological polar surface area (TPSA) is 79.5 Å². The average molecular weight is 251 g/mol. The third-order valence-electron chi connectivity index (χ3n) is 2.11. The Morgan fingerprint density at radius 2 is 2.00 bits per heavy atom. The van der Waals surface area contributed by atoms with Crippen LogP contribution < -0.4 is 20.7 Å². The molecular formula is C12H17N3O3. The van der Waals surface area contributed by atoms with Crippen LogP contribution >= 0.6 is 0 Å². The number of rotatable bonds is 5. The van der Waals surface area contributed by atoms with E-state index in [0.717, 1.165) is 0 Å². The Kier molecular flexibility index (Phi) is 5.50. The summed E-state index contributed by atoms with van der Waals surface area (Å²) in [6, 6.07) is 6.77. The van der Waals surface area contributed by atoms with Crippen LogP contribution in [0.5, 0.6) is 5.75 Å². The Balaban J connectivity index is 2.52. The monoisotopic (exact) mass is 251 g/mol. The number of anilines is 1. The predicted molar refractivity (Wildman–Crippen MR) is 68.7 cm³/mol. The molecule has 6 nitrogen and oxygen atoms in total. The van der Waals surface area contributed by atoms with Gasteiger partial charge in [-0.3, -0.25) is 10.1 Å². The molecule has 0 aliphatic heterocycles. The zero-order valence-corrected chi connectivity index (χ0v) is 10.4. The molecule has 0 saturated carbocycles. The second-order valence-corrected chi connectivity index (χ2v) is 3.41. The largest absolute Gasteiger partial charge is 0.492 e. The molecule has 0 unspecified atom stereocenters. The number of imide groups is 1. The van der Waals surface area contributed by atoms with Crippen LogP contribution in [0.15, 0.2) is 24.3 Å². The summed E-state index contributed by atoms with van der Waals surface area (Å²) in [5.41, 5.74) is 0.714. The van der Waals surface area contributed by atoms with Crippen molar-refractivity contribution >= 4 is 17.6 Å². The summed E-state index contributed by atoms with van der Waals surface area (Å²) >= 11 is 0. The summed E-state index contributed by atoms with van der Waals surface area (Å²) in [4.78, 5) is 22.3. The molecule has 0 radical (unpaired) electrons. The van der Waals surface area contributed by atoms with Gasteiger partial charge < -0.3 is 15.4 Å². The van der Waals surface area contributed by atoms with E-state index < -0.39 is 11.9 Å². The third-order valence-corrected chi connectivity index (χ3v) is 2.11. The van der Waals surface area contributed by atoms with Gasteiger partial charge in [0, 0.05) is 7.05 Å². The van der Waals surface area contributed by atoms with Crippen LogP contribution in [0.2, 0.25) is 0 Å². The maximum atomic E-state index is 11.4. The van der Waals surface area contributed by atoms with Crippen LogP contribution in [0.1, 0.15) is 6.92 Å². The van der Waals surface area contributed by atoms with Crippen LogP contribution in [0, 0.1) is 0 Å². The van der Waals surface area contributed by atoms with Gasteiger partial charge in [0.05, 0.1) is 18.8 Å². The fourth-order valence-electron chi connectivity index (χ4n) is 1.30. The lowest BCUT2D eigenvalue weighted by Crippen LogP contribution is -2.40. The highest BCUT2D eigenvalue weighted by Gasteiger charge is 2.07. The number of nitrogens with one attached hydrogen (secondary N) is 3. The number of urea groups is 1. The molecule has 6 heteroatoms. The summed E-state index contributed by atoms with van der Waals surface area (Å²) in [5.74, 6) is 0.258. The number of benzene rings is 1. The van der Waals surface area contributed by atoms with Gasteiger partial charge in [-0.25, -0.2) is 4.79 Å². The van der Waals surface area contributed by atoms with Crippen molar-refractivity contribution < 1.29 is 14.3 Å². The standard InChI is InChI=1S/C12H17N3O3/c1-3-18-10-7-5-4-6-9(10)14-8-11(16)15-12(17)13-2/h4-7,14H,3,8H2,1-2H3,(H2,13,15,16,17). The number of hydrogen-bond acceptors (Lipinski definition) is 4. The van der Waals surface area contributed by atoms with E-state index in [2.05, 4.69) is 16.0 Å². The molecule has 3 amide bonds. The first-order valence-corrected chi connectivity index (χ1v) is 5.64. The highest BCUT2D eigenvalue weighted by atomic mass is 16.5. The second-order valence-electron chi connectivity index (χ2n) is 3.41. The van der Waals surface area contributed by atoms with Crippen molar-refractivity contribution in [2.24, 2.45) is 0 Å². The van der Waals surface area contributed by atoms with E-state index in [9.17, 15) is 9.59 Å². The molecule has 0 fully saturated rings. The van der Waals surface area contributed by atoms with Crippen molar-refractivity contribution in [3.63, 3.8) is 0 Å². The SMILES string of the molecule is CCOc1ccccc1NCC(=O)NC(=O)NC. The van der Waals surface area contributed by atoms with Crippen molar-refractivity contribution in [3.05, 3.63) is 24.3 Å². The van der Waals surface area contributed by atoms with Crippen molar-refractivity contribution in [2.45, 2.75) is 6.92 Å². The van der Waals surface area contributed by atoms with E-state index in [1.54, 1.807) is 6.07 Å². The molecule has 1 aromatic rings. The first-order valence-electron chi connectivity index (χ1n) is 5.64. The van der Waals surface area contributed by atoms with Gasteiger partial charge in [-0.15, -0.1) is 0 Å². The highest BCUT2D eigenvalue weighted by molar-refractivity contribution is 5.96. The van der Waals surface area contributed by atoms with Crippen molar-refractivity contribution in [1.82, 2.24) is 10.6 Å². The molecule has 0 aliphatic carbocycles. The number of carbonyl (C=O) groups excluding carboxylic acids is 2. The zero-order chi connectivity index (χ0) is 13.4. The third kappa shape index (κ3) is 4.32. The molecule has 0 heterocycles. The van der Waals surface area contributed by atoms with E-state index >= 15 is 0 Å². The van der Waals surface area contributed by atoms with Crippen molar-refractivity contribution in [2.75, 3.05) is 25.5 Å². The molecule has 1 aromatic carbocycles. The molecule has 0 bridgehead atoms. The van der Waals surface area contributed by atoms with Crippen LogP contribution in [0.3, 0.4) is 0 Å². The van der Waals surface area contributed by atoms with E-state index in [-0.39, 0.29) is 6.54 Å². The number of para-hydroxylation sites is 2. The molecule has 98 valence electrons. The van der Waals surface area contributed by atoms with Crippen molar-refractivity contribution in [3.8, 4) is 5.75 Å². The second kappa shape index (κ2) is 7.16. The minimum Gasteiger partial charge on any atom is -0.492 e. The minimum atomic E-state index is -0.528. The first kappa shape index (κ1) is 13.8. The Morgan fingerprint density at radius 1 is 1.28 bits per heavy atom. The predicted octanol–water partition coefficient (Wildman–Crippen LogP) is 0.953. The molecule has 0 spiro atoms. The van der Waals surface area contributed by atoms with Crippen molar-refractivity contribution in [1.29, 1.82) is 0 Å². The average Bonchev–Trinajstić information content (AvgIpc) is 2.38. The lowest BCUT2D eigenvalue weighted by molar-refractivity contribution is -0.118. The summed E-state index contributed by atoms with van der Waals surface area (Å²) < 4.78 is 5.40. The molecule has 0 saturated heterocycles. The highest BCUT2D eigenvalue weighted by Crippen LogP contribution is 2.23. The summed E-state index contributed by atoms with van der Waals surface area (Å²) in [5, 5.41) is 7.37. The van der Waals surface area contributed by atoms with Gasteiger partial charge in [0.2, 0.25) is 5.91 Å². The van der Waals surface area contributed by atoms with Gasteiger partial charge in [0.25, 0.3) is 0 Å².